The van der Waals surface area contributed by atoms with Crippen molar-refractivity contribution in [3.05, 3.63) is 41.7 Å². The van der Waals surface area contributed by atoms with Crippen LogP contribution in [0.1, 0.15) is 25.8 Å². The van der Waals surface area contributed by atoms with E-state index < -0.39 is 6.10 Å². The van der Waals surface area contributed by atoms with Crippen LogP contribution in [0.25, 0.3) is 5.57 Å². The van der Waals surface area contributed by atoms with Gasteiger partial charge in [0.25, 0.3) is 0 Å². The fraction of sp³-hybridized carbons (Fsp3) is 0.438. The van der Waals surface area contributed by atoms with Gasteiger partial charge in [-0.15, -0.1) is 0 Å². The van der Waals surface area contributed by atoms with E-state index >= 15 is 0 Å². The van der Waals surface area contributed by atoms with Gasteiger partial charge in [-0.25, -0.2) is 4.39 Å². The number of hydrogen-bond donors (Lipinski definition) is 1. The molecule has 0 aromatic heterocycles. The average molecular weight is 277 g/mol. The molecular weight excluding hydrogens is 257 g/mol. The maximum atomic E-state index is 12.9. The quantitative estimate of drug-likeness (QED) is 0.844. The first kappa shape index (κ1) is 14.7. The van der Waals surface area contributed by atoms with Gasteiger partial charge in [-0.1, -0.05) is 19.1 Å². The van der Waals surface area contributed by atoms with Crippen LogP contribution in [-0.4, -0.2) is 35.1 Å². The lowest BCUT2D eigenvalue weighted by Crippen LogP contribution is -2.45. The first-order valence-corrected chi connectivity index (χ1v) is 6.88. The maximum absolute atomic E-state index is 12.9. The molecule has 2 atom stereocenters. The molecule has 3 nitrogen and oxygen atoms in total. The Kier molecular flexibility index (Phi) is 4.55. The predicted octanol–water partition coefficient (Wildman–Crippen LogP) is 2.46. The number of aliphatic hydroxyl groups excluding tert-OH is 1. The number of halogens is 1. The molecule has 1 aliphatic heterocycles. The molecule has 0 radical (unpaired) electrons. The molecule has 20 heavy (non-hydrogen) atoms. The largest absolute Gasteiger partial charge is 0.391 e. The van der Waals surface area contributed by atoms with Crippen molar-refractivity contribution in [2.75, 3.05) is 13.1 Å². The van der Waals surface area contributed by atoms with Gasteiger partial charge in [-0.2, -0.15) is 0 Å². The van der Waals surface area contributed by atoms with Gasteiger partial charge in [0.15, 0.2) is 0 Å². The minimum absolute atomic E-state index is 0.0993. The molecule has 0 saturated carbocycles. The van der Waals surface area contributed by atoms with E-state index in [-0.39, 0.29) is 17.6 Å². The number of β-amino-alcohol motifs (C(OH)–C–C–N with tert-alkyl or cyclic N) is 1. The molecule has 1 N–H and O–H groups in total. The summed E-state index contributed by atoms with van der Waals surface area (Å²) in [6.07, 6.45) is 1.92. The molecule has 1 saturated heterocycles. The zero-order valence-corrected chi connectivity index (χ0v) is 11.8. The smallest absolute Gasteiger partial charge is 0.246 e. The van der Waals surface area contributed by atoms with Crippen LogP contribution >= 0.6 is 0 Å². The van der Waals surface area contributed by atoms with Crippen LogP contribution in [-0.2, 0) is 4.79 Å². The van der Waals surface area contributed by atoms with Gasteiger partial charge in [0, 0.05) is 19.2 Å². The van der Waals surface area contributed by atoms with Crippen LogP contribution in [0.2, 0.25) is 0 Å². The highest BCUT2D eigenvalue weighted by atomic mass is 19.1. The average Bonchev–Trinajstić information content (AvgIpc) is 2.42. The molecule has 1 fully saturated rings. The van der Waals surface area contributed by atoms with Crippen LogP contribution in [0.15, 0.2) is 30.3 Å². The first-order chi connectivity index (χ1) is 9.47. The Morgan fingerprint density at radius 1 is 1.40 bits per heavy atom. The molecule has 1 amide bonds. The molecule has 108 valence electrons. The zero-order chi connectivity index (χ0) is 14.7. The number of amides is 1. The van der Waals surface area contributed by atoms with E-state index in [0.717, 1.165) is 17.6 Å². The van der Waals surface area contributed by atoms with E-state index in [9.17, 15) is 14.3 Å². The van der Waals surface area contributed by atoms with Gasteiger partial charge in [0.05, 0.1) is 6.10 Å². The van der Waals surface area contributed by atoms with Gasteiger partial charge in [-0.05, 0) is 42.5 Å². The Morgan fingerprint density at radius 2 is 2.05 bits per heavy atom. The number of carbonyl (C=O) groups is 1. The summed E-state index contributed by atoms with van der Waals surface area (Å²) in [5.74, 6) is -0.153. The highest BCUT2D eigenvalue weighted by molar-refractivity contribution is 5.94. The van der Waals surface area contributed by atoms with E-state index in [1.165, 1.54) is 12.1 Å². The Balaban J connectivity index is 2.06. The third-order valence-corrected chi connectivity index (χ3v) is 3.87. The second kappa shape index (κ2) is 6.18. The fourth-order valence-electron chi connectivity index (χ4n) is 2.32. The lowest BCUT2D eigenvalue weighted by atomic mass is 9.96. The molecule has 0 aliphatic carbocycles. The summed E-state index contributed by atoms with van der Waals surface area (Å²) in [5.41, 5.74) is 1.62. The van der Waals surface area contributed by atoms with Gasteiger partial charge in [0.1, 0.15) is 5.82 Å². The SMILES string of the molecule is C/C(=C/C(=O)N1CCC(C)C(O)C1)c1ccc(F)cc1. The minimum Gasteiger partial charge on any atom is -0.391 e. The normalized spacial score (nSPS) is 23.8. The summed E-state index contributed by atoms with van der Waals surface area (Å²) >= 11 is 0. The van der Waals surface area contributed by atoms with Crippen molar-refractivity contribution >= 4 is 11.5 Å². The number of aliphatic hydroxyl groups is 1. The summed E-state index contributed by atoms with van der Waals surface area (Å²) in [6, 6.07) is 6.07. The van der Waals surface area contributed by atoms with Gasteiger partial charge < -0.3 is 10.0 Å². The highest BCUT2D eigenvalue weighted by Gasteiger charge is 2.26. The topological polar surface area (TPSA) is 40.5 Å². The van der Waals surface area contributed by atoms with Crippen molar-refractivity contribution in [2.24, 2.45) is 5.92 Å². The van der Waals surface area contributed by atoms with Crippen LogP contribution < -0.4 is 0 Å². The standard InChI is InChI=1S/C16H20FNO2/c1-11-7-8-18(10-15(11)19)16(20)9-12(2)13-3-5-14(17)6-4-13/h3-6,9,11,15,19H,7-8,10H2,1-2H3/b12-9-. The van der Waals surface area contributed by atoms with Crippen molar-refractivity contribution in [1.82, 2.24) is 4.90 Å². The lowest BCUT2D eigenvalue weighted by molar-refractivity contribution is -0.130. The van der Waals surface area contributed by atoms with Crippen molar-refractivity contribution in [3.63, 3.8) is 0 Å². The van der Waals surface area contributed by atoms with E-state index in [1.54, 1.807) is 23.1 Å². The number of piperidine rings is 1. The lowest BCUT2D eigenvalue weighted by Gasteiger charge is -2.33. The van der Waals surface area contributed by atoms with E-state index in [1.807, 2.05) is 13.8 Å². The van der Waals surface area contributed by atoms with Gasteiger partial charge in [-0.3, -0.25) is 4.79 Å². The number of hydrogen-bond acceptors (Lipinski definition) is 2. The molecule has 0 bridgehead atoms. The number of carbonyl (C=O) groups excluding carboxylic acids is 1. The summed E-state index contributed by atoms with van der Waals surface area (Å²) in [6.45, 7) is 4.87. The van der Waals surface area contributed by atoms with Crippen molar-refractivity contribution in [1.29, 1.82) is 0 Å². The van der Waals surface area contributed by atoms with Crippen molar-refractivity contribution in [3.8, 4) is 0 Å². The van der Waals surface area contributed by atoms with E-state index in [0.29, 0.717) is 13.1 Å². The minimum atomic E-state index is -0.452. The summed E-state index contributed by atoms with van der Waals surface area (Å²) in [4.78, 5) is 13.8. The van der Waals surface area contributed by atoms with Crippen LogP contribution in [0, 0.1) is 11.7 Å². The monoisotopic (exact) mass is 277 g/mol. The number of allylic oxidation sites excluding steroid dienone is 1. The van der Waals surface area contributed by atoms with Gasteiger partial charge in [0.2, 0.25) is 5.91 Å². The number of likely N-dealkylation sites (tertiary alicyclic amines) is 1. The highest BCUT2D eigenvalue weighted by Crippen LogP contribution is 2.19. The first-order valence-electron chi connectivity index (χ1n) is 6.88. The number of nitrogens with zero attached hydrogens (tertiary/aromatic N) is 1. The Bertz CT molecular complexity index is 510. The molecule has 1 aliphatic rings. The molecule has 1 aromatic carbocycles. The second-order valence-electron chi connectivity index (χ2n) is 5.45. The van der Waals surface area contributed by atoms with Crippen LogP contribution in [0.3, 0.4) is 0 Å². The van der Waals surface area contributed by atoms with Crippen molar-refractivity contribution in [2.45, 2.75) is 26.4 Å². The molecule has 2 unspecified atom stereocenters. The molecule has 0 spiro atoms. The third-order valence-electron chi connectivity index (χ3n) is 3.87. The number of benzene rings is 1. The third kappa shape index (κ3) is 3.45. The molecule has 4 heteroatoms. The Hall–Kier alpha value is -1.68. The summed E-state index contributed by atoms with van der Waals surface area (Å²) < 4.78 is 12.9. The van der Waals surface area contributed by atoms with Gasteiger partial charge >= 0.3 is 0 Å². The molecular formula is C16H20FNO2. The Morgan fingerprint density at radius 3 is 2.65 bits per heavy atom. The molecule has 1 heterocycles. The van der Waals surface area contributed by atoms with Crippen LogP contribution in [0.5, 0.6) is 0 Å². The summed E-state index contributed by atoms with van der Waals surface area (Å²) in [7, 11) is 0. The zero-order valence-electron chi connectivity index (χ0n) is 11.8. The van der Waals surface area contributed by atoms with E-state index in [4.69, 9.17) is 0 Å². The number of rotatable bonds is 2. The maximum Gasteiger partial charge on any atom is 0.246 e. The predicted molar refractivity (Wildman–Crippen MR) is 76.4 cm³/mol. The van der Waals surface area contributed by atoms with Crippen LogP contribution in [0.4, 0.5) is 4.39 Å². The van der Waals surface area contributed by atoms with Crippen molar-refractivity contribution < 1.29 is 14.3 Å². The summed E-state index contributed by atoms with van der Waals surface area (Å²) in [5, 5.41) is 9.82. The molecule has 1 aromatic rings. The van der Waals surface area contributed by atoms with E-state index in [2.05, 4.69) is 0 Å². The molecule has 2 rings (SSSR count). The fourth-order valence-corrected chi connectivity index (χ4v) is 2.32. The Labute approximate surface area is 118 Å². The second-order valence-corrected chi connectivity index (χ2v) is 5.45.